The summed E-state index contributed by atoms with van der Waals surface area (Å²) in [6.45, 7) is 4.35. The maximum Gasteiger partial charge on any atom is 0.312 e. The number of hydrogen-bond acceptors (Lipinski definition) is 3. The molecule has 4 aromatic rings. The van der Waals surface area contributed by atoms with Crippen LogP contribution in [0.25, 0.3) is 32.6 Å². The Balaban J connectivity index is 1.81. The Kier molecular flexibility index (Phi) is 4.11. The zero-order valence-electron chi connectivity index (χ0n) is 15.6. The maximum absolute atomic E-state index is 10.9. The van der Waals surface area contributed by atoms with Crippen LogP contribution in [0.3, 0.4) is 0 Å². The molecule has 0 spiro atoms. The summed E-state index contributed by atoms with van der Waals surface area (Å²) in [5.74, 6) is 0.761. The Morgan fingerprint density at radius 2 is 2.07 bits per heavy atom. The smallest absolute Gasteiger partial charge is 0.312 e. The number of urea groups is 1. The number of pyridine rings is 1. The number of benzene rings is 2. The number of amides is 2. The minimum Gasteiger partial charge on any atom is -0.491 e. The predicted molar refractivity (Wildman–Crippen MR) is 108 cm³/mol. The van der Waals surface area contributed by atoms with Crippen molar-refractivity contribution in [2.45, 2.75) is 19.9 Å². The number of aromatic nitrogens is 2. The molecular weight excluding hydrogens is 340 g/mol. The van der Waals surface area contributed by atoms with E-state index >= 15 is 0 Å². The summed E-state index contributed by atoms with van der Waals surface area (Å²) in [4.78, 5) is 15.2. The van der Waals surface area contributed by atoms with Gasteiger partial charge in [0.1, 0.15) is 12.4 Å². The van der Waals surface area contributed by atoms with Gasteiger partial charge < -0.3 is 20.4 Å². The Morgan fingerprint density at radius 3 is 2.85 bits per heavy atom. The van der Waals surface area contributed by atoms with Crippen LogP contribution in [-0.2, 0) is 7.05 Å². The predicted octanol–water partition coefficient (Wildman–Crippen LogP) is 3.62. The van der Waals surface area contributed by atoms with Gasteiger partial charge in [-0.3, -0.25) is 4.98 Å². The van der Waals surface area contributed by atoms with E-state index in [-0.39, 0.29) is 6.04 Å². The number of fused-ring (bicyclic) bond motifs is 4. The number of primary amides is 1. The number of carbonyl (C=O) groups is 1. The molecule has 3 N–H and O–H groups in total. The average molecular weight is 362 g/mol. The lowest BCUT2D eigenvalue weighted by Gasteiger charge is -2.13. The molecule has 6 heteroatoms. The van der Waals surface area contributed by atoms with Crippen LogP contribution in [0.5, 0.6) is 5.75 Å². The molecule has 1 atom stereocenters. The Hall–Kier alpha value is -3.28. The molecule has 0 aliphatic rings. The molecule has 0 fully saturated rings. The minimum absolute atomic E-state index is 0.164. The fourth-order valence-electron chi connectivity index (χ4n) is 3.79. The van der Waals surface area contributed by atoms with E-state index in [0.717, 1.165) is 22.0 Å². The van der Waals surface area contributed by atoms with Gasteiger partial charge >= 0.3 is 6.03 Å². The summed E-state index contributed by atoms with van der Waals surface area (Å²) in [6, 6.07) is 9.61. The van der Waals surface area contributed by atoms with Gasteiger partial charge in [-0.1, -0.05) is 0 Å². The summed E-state index contributed by atoms with van der Waals surface area (Å²) in [5.41, 5.74) is 8.75. The van der Waals surface area contributed by atoms with Crippen molar-refractivity contribution in [1.82, 2.24) is 14.9 Å². The van der Waals surface area contributed by atoms with Gasteiger partial charge in [-0.15, -0.1) is 0 Å². The number of rotatable bonds is 4. The van der Waals surface area contributed by atoms with Crippen LogP contribution in [0.15, 0.2) is 42.7 Å². The number of nitrogens with zero attached hydrogens (tertiary/aromatic N) is 2. The molecule has 2 heterocycles. The lowest BCUT2D eigenvalue weighted by atomic mass is 10.0. The van der Waals surface area contributed by atoms with Crippen LogP contribution in [-0.4, -0.2) is 28.2 Å². The van der Waals surface area contributed by atoms with E-state index in [1.807, 2.05) is 25.4 Å². The van der Waals surface area contributed by atoms with Gasteiger partial charge in [0.25, 0.3) is 0 Å². The molecule has 1 unspecified atom stereocenters. The zero-order valence-corrected chi connectivity index (χ0v) is 15.6. The first-order valence-corrected chi connectivity index (χ1v) is 8.90. The monoisotopic (exact) mass is 362 g/mol. The second kappa shape index (κ2) is 6.46. The number of carbonyl (C=O) groups excluding carboxylic acids is 1. The lowest BCUT2D eigenvalue weighted by Crippen LogP contribution is -2.40. The van der Waals surface area contributed by atoms with Crippen LogP contribution in [0.2, 0.25) is 0 Å². The lowest BCUT2D eigenvalue weighted by molar-refractivity contribution is 0.234. The van der Waals surface area contributed by atoms with E-state index in [1.165, 1.54) is 21.9 Å². The minimum atomic E-state index is -0.549. The van der Waals surface area contributed by atoms with Gasteiger partial charge in [0.15, 0.2) is 0 Å². The Labute approximate surface area is 156 Å². The summed E-state index contributed by atoms with van der Waals surface area (Å²) in [5, 5.41) is 7.27. The first kappa shape index (κ1) is 17.1. The number of nitrogens with one attached hydrogen (secondary N) is 1. The summed E-state index contributed by atoms with van der Waals surface area (Å²) in [6.07, 6.45) is 3.73. The Bertz CT molecular complexity index is 1180. The largest absolute Gasteiger partial charge is 0.491 e. The highest BCUT2D eigenvalue weighted by Gasteiger charge is 2.14. The molecular formula is C21H22N4O2. The van der Waals surface area contributed by atoms with Crippen molar-refractivity contribution in [3.8, 4) is 5.75 Å². The molecule has 0 saturated heterocycles. The number of aryl methyl sites for hydroxylation is 2. The van der Waals surface area contributed by atoms with Crippen LogP contribution in [0, 0.1) is 6.92 Å². The quantitative estimate of drug-likeness (QED) is 0.582. The van der Waals surface area contributed by atoms with E-state index in [4.69, 9.17) is 10.5 Å². The number of hydrogen-bond donors (Lipinski definition) is 2. The summed E-state index contributed by atoms with van der Waals surface area (Å²) < 4.78 is 8.08. The normalized spacial score (nSPS) is 12.6. The van der Waals surface area contributed by atoms with Crippen molar-refractivity contribution in [3.05, 3.63) is 48.3 Å². The molecule has 27 heavy (non-hydrogen) atoms. The van der Waals surface area contributed by atoms with E-state index in [1.54, 1.807) is 0 Å². The van der Waals surface area contributed by atoms with Gasteiger partial charge in [0, 0.05) is 41.1 Å². The second-order valence-electron chi connectivity index (χ2n) is 6.95. The highest BCUT2D eigenvalue weighted by atomic mass is 16.5. The van der Waals surface area contributed by atoms with Crippen molar-refractivity contribution in [3.63, 3.8) is 0 Å². The number of ether oxygens (including phenoxy) is 1. The van der Waals surface area contributed by atoms with Crippen LogP contribution in [0.4, 0.5) is 4.79 Å². The molecule has 0 radical (unpaired) electrons. The highest BCUT2D eigenvalue weighted by Crippen LogP contribution is 2.36. The summed E-state index contributed by atoms with van der Waals surface area (Å²) in [7, 11) is 2.09. The maximum atomic E-state index is 10.9. The molecule has 0 saturated carbocycles. The molecule has 6 nitrogen and oxygen atoms in total. The van der Waals surface area contributed by atoms with Gasteiger partial charge in [0.2, 0.25) is 0 Å². The van der Waals surface area contributed by atoms with Crippen LogP contribution >= 0.6 is 0 Å². The van der Waals surface area contributed by atoms with Crippen molar-refractivity contribution in [2.75, 3.05) is 6.61 Å². The SMILES string of the molecule is Cc1c2ccncc2cc2c3cc(OCC(C)NC(N)=O)ccc3n(C)c12. The first-order valence-electron chi connectivity index (χ1n) is 8.90. The van der Waals surface area contributed by atoms with E-state index < -0.39 is 6.03 Å². The van der Waals surface area contributed by atoms with E-state index in [9.17, 15) is 4.79 Å². The topological polar surface area (TPSA) is 82.2 Å². The van der Waals surface area contributed by atoms with Crippen LogP contribution < -0.4 is 15.8 Å². The summed E-state index contributed by atoms with van der Waals surface area (Å²) >= 11 is 0. The average Bonchev–Trinajstić information content (AvgIpc) is 2.92. The first-order chi connectivity index (χ1) is 13.0. The molecule has 0 bridgehead atoms. The standard InChI is InChI=1S/C21H22N4O2/c1-12(24-21(22)26)11-27-15-4-5-19-17(9-15)18-8-14-10-23-7-6-16(14)13(2)20(18)25(19)3/h4-10,12H,11H2,1-3H3,(H3,22,24,26). The van der Waals surface area contributed by atoms with Crippen molar-refractivity contribution in [2.24, 2.45) is 12.8 Å². The van der Waals surface area contributed by atoms with Crippen LogP contribution in [0.1, 0.15) is 12.5 Å². The van der Waals surface area contributed by atoms with Crippen molar-refractivity contribution in [1.29, 1.82) is 0 Å². The number of nitrogens with two attached hydrogens (primary N) is 1. The Morgan fingerprint density at radius 1 is 1.26 bits per heavy atom. The molecule has 2 aromatic heterocycles. The molecule has 0 aliphatic heterocycles. The van der Waals surface area contributed by atoms with Gasteiger partial charge in [-0.05, 0) is 55.1 Å². The van der Waals surface area contributed by atoms with Crippen molar-refractivity contribution >= 4 is 38.6 Å². The third-order valence-electron chi connectivity index (χ3n) is 5.01. The molecule has 4 rings (SSSR count). The molecule has 2 amide bonds. The van der Waals surface area contributed by atoms with E-state index in [2.05, 4.69) is 53.1 Å². The third kappa shape index (κ3) is 2.93. The van der Waals surface area contributed by atoms with Gasteiger partial charge in [0.05, 0.1) is 11.6 Å². The molecule has 2 aromatic carbocycles. The van der Waals surface area contributed by atoms with E-state index in [0.29, 0.717) is 6.61 Å². The zero-order chi connectivity index (χ0) is 19.1. The molecule has 0 aliphatic carbocycles. The van der Waals surface area contributed by atoms with Gasteiger partial charge in [-0.2, -0.15) is 0 Å². The van der Waals surface area contributed by atoms with Gasteiger partial charge in [-0.25, -0.2) is 4.79 Å². The highest BCUT2D eigenvalue weighted by molar-refractivity contribution is 6.14. The third-order valence-corrected chi connectivity index (χ3v) is 5.01. The van der Waals surface area contributed by atoms with Crippen molar-refractivity contribution < 1.29 is 9.53 Å². The second-order valence-corrected chi connectivity index (χ2v) is 6.95. The molecule has 138 valence electrons. The fourth-order valence-corrected chi connectivity index (χ4v) is 3.79. The fraction of sp³-hybridized carbons (Fsp3) is 0.238.